The lowest BCUT2D eigenvalue weighted by atomic mass is 9.73. The van der Waals surface area contributed by atoms with E-state index in [9.17, 15) is 4.79 Å². The number of carbonyl (C=O) groups is 1. The number of methoxy groups -OCH3 is 1. The monoisotopic (exact) mass is 375 g/mol. The third kappa shape index (κ3) is 4.78. The van der Waals surface area contributed by atoms with Crippen LogP contribution in [0.2, 0.25) is 0 Å². The van der Waals surface area contributed by atoms with Crippen LogP contribution in [0.25, 0.3) is 6.08 Å². The molecule has 0 unspecified atom stereocenters. The third-order valence-electron chi connectivity index (χ3n) is 5.56. The van der Waals surface area contributed by atoms with Gasteiger partial charge in [-0.05, 0) is 83.9 Å². The molecule has 2 aromatic carbocycles. The molecule has 2 atom stereocenters. The number of allylic oxidation sites excluding steroid dienone is 1. The maximum Gasteiger partial charge on any atom is 0.162 e. The van der Waals surface area contributed by atoms with Crippen molar-refractivity contribution in [3.63, 3.8) is 0 Å². The molecule has 0 heterocycles. The number of benzene rings is 2. The van der Waals surface area contributed by atoms with Gasteiger partial charge in [0.2, 0.25) is 0 Å². The van der Waals surface area contributed by atoms with Crippen LogP contribution in [-0.4, -0.2) is 19.1 Å². The van der Waals surface area contributed by atoms with Crippen molar-refractivity contribution in [2.75, 3.05) is 7.11 Å². The molecule has 0 aromatic heterocycles. The minimum absolute atomic E-state index is 0.163. The van der Waals surface area contributed by atoms with Crippen molar-refractivity contribution >= 4 is 23.8 Å². The summed E-state index contributed by atoms with van der Waals surface area (Å²) in [6.07, 6.45) is 6.00. The molecule has 146 valence electrons. The number of ether oxygens (including phenoxy) is 1. The Labute approximate surface area is 168 Å². The van der Waals surface area contributed by atoms with Crippen LogP contribution in [0.1, 0.15) is 44.7 Å². The van der Waals surface area contributed by atoms with E-state index in [2.05, 4.69) is 31.8 Å². The molecule has 2 aromatic rings. The number of aliphatic imine (C=N–C) groups is 1. The molecule has 0 N–H and O–H groups in total. The average Bonchev–Trinajstić information content (AvgIpc) is 2.70. The van der Waals surface area contributed by atoms with Crippen LogP contribution in [0.5, 0.6) is 5.75 Å². The third-order valence-corrected chi connectivity index (χ3v) is 5.56. The van der Waals surface area contributed by atoms with Crippen molar-refractivity contribution in [2.45, 2.75) is 33.6 Å². The Bertz CT molecular complexity index is 860. The predicted octanol–water partition coefficient (Wildman–Crippen LogP) is 6.10. The Morgan fingerprint density at radius 2 is 1.64 bits per heavy atom. The zero-order valence-corrected chi connectivity index (χ0v) is 17.2. The second kappa shape index (κ2) is 9.01. The van der Waals surface area contributed by atoms with E-state index in [0.717, 1.165) is 41.0 Å². The second-order valence-electron chi connectivity index (χ2n) is 7.92. The number of carbonyl (C=O) groups excluding carboxylic acids is 1. The topological polar surface area (TPSA) is 38.7 Å². The standard InChI is InChI=1S/C25H29NO2/c1-17(2)23-14-5-18(3)24(25(23)27)15-19-6-10-21(11-7-19)26-16-20-8-12-22(28-4)13-9-20/h6-13,15-18,23H,5,14H2,1-4H3/t18-,23+/m0/s1. The SMILES string of the molecule is COc1ccc(C=Nc2ccc(C=C3C(=O)[C@@H](C(C)C)CC[C@@H]3C)cc2)cc1. The molecule has 0 radical (unpaired) electrons. The summed E-state index contributed by atoms with van der Waals surface area (Å²) in [5.41, 5.74) is 3.94. The molecule has 0 amide bonds. The Balaban J connectivity index is 1.73. The lowest BCUT2D eigenvalue weighted by Gasteiger charge is -2.30. The van der Waals surface area contributed by atoms with E-state index in [4.69, 9.17) is 4.74 Å². The summed E-state index contributed by atoms with van der Waals surface area (Å²) >= 11 is 0. The van der Waals surface area contributed by atoms with Crippen LogP contribution in [0.15, 0.2) is 59.1 Å². The average molecular weight is 376 g/mol. The Morgan fingerprint density at radius 1 is 1.00 bits per heavy atom. The molecule has 1 fully saturated rings. The lowest BCUT2D eigenvalue weighted by Crippen LogP contribution is -2.30. The number of hydrogen-bond donors (Lipinski definition) is 0. The first kappa shape index (κ1) is 20.1. The minimum atomic E-state index is 0.163. The van der Waals surface area contributed by atoms with Crippen LogP contribution in [0.4, 0.5) is 5.69 Å². The molecule has 1 saturated carbocycles. The Hall–Kier alpha value is -2.68. The highest BCUT2D eigenvalue weighted by Crippen LogP contribution is 2.35. The van der Waals surface area contributed by atoms with Crippen molar-refractivity contribution in [1.82, 2.24) is 0 Å². The summed E-state index contributed by atoms with van der Waals surface area (Å²) < 4.78 is 5.17. The molecule has 0 spiro atoms. The van der Waals surface area contributed by atoms with Crippen molar-refractivity contribution < 1.29 is 9.53 Å². The summed E-state index contributed by atoms with van der Waals surface area (Å²) in [5.74, 6) is 2.06. The zero-order chi connectivity index (χ0) is 20.1. The lowest BCUT2D eigenvalue weighted by molar-refractivity contribution is -0.122. The van der Waals surface area contributed by atoms with E-state index >= 15 is 0 Å². The van der Waals surface area contributed by atoms with E-state index in [1.807, 2.05) is 54.7 Å². The highest BCUT2D eigenvalue weighted by atomic mass is 16.5. The normalized spacial score (nSPS) is 21.6. The summed E-state index contributed by atoms with van der Waals surface area (Å²) in [5, 5.41) is 0. The fourth-order valence-electron chi connectivity index (χ4n) is 3.70. The zero-order valence-electron chi connectivity index (χ0n) is 17.2. The van der Waals surface area contributed by atoms with Gasteiger partial charge in [-0.3, -0.25) is 9.79 Å². The van der Waals surface area contributed by atoms with Gasteiger partial charge in [-0.15, -0.1) is 0 Å². The van der Waals surface area contributed by atoms with Gasteiger partial charge in [0, 0.05) is 12.1 Å². The smallest absolute Gasteiger partial charge is 0.162 e. The first-order valence-electron chi connectivity index (χ1n) is 10.0. The highest BCUT2D eigenvalue weighted by molar-refractivity contribution is 6.02. The van der Waals surface area contributed by atoms with E-state index < -0.39 is 0 Å². The maximum absolute atomic E-state index is 12.9. The van der Waals surface area contributed by atoms with E-state index in [1.54, 1.807) is 7.11 Å². The number of ketones is 1. The molecule has 3 nitrogen and oxygen atoms in total. The summed E-state index contributed by atoms with van der Waals surface area (Å²) in [4.78, 5) is 17.4. The van der Waals surface area contributed by atoms with Gasteiger partial charge in [0.15, 0.2) is 5.78 Å². The van der Waals surface area contributed by atoms with Gasteiger partial charge in [0.25, 0.3) is 0 Å². The number of rotatable bonds is 5. The van der Waals surface area contributed by atoms with Crippen molar-refractivity contribution in [3.8, 4) is 5.75 Å². The molecule has 3 heteroatoms. The second-order valence-corrected chi connectivity index (χ2v) is 7.92. The van der Waals surface area contributed by atoms with E-state index in [0.29, 0.717) is 17.6 Å². The molecule has 28 heavy (non-hydrogen) atoms. The number of nitrogens with zero attached hydrogens (tertiary/aromatic N) is 1. The fraction of sp³-hybridized carbons (Fsp3) is 0.360. The van der Waals surface area contributed by atoms with Crippen LogP contribution >= 0.6 is 0 Å². The van der Waals surface area contributed by atoms with Gasteiger partial charge in [-0.1, -0.05) is 32.9 Å². The van der Waals surface area contributed by atoms with Crippen LogP contribution in [0.3, 0.4) is 0 Å². The molecular weight excluding hydrogens is 346 g/mol. The number of Topliss-reactive ketones (excluding diaryl/α,β-unsaturated/α-hetero) is 1. The van der Waals surface area contributed by atoms with Gasteiger partial charge >= 0.3 is 0 Å². The Kier molecular flexibility index (Phi) is 6.45. The van der Waals surface area contributed by atoms with Gasteiger partial charge < -0.3 is 4.74 Å². The molecule has 0 saturated heterocycles. The molecule has 1 aliphatic carbocycles. The molecule has 0 bridgehead atoms. The summed E-state index contributed by atoms with van der Waals surface area (Å²) in [7, 11) is 1.66. The minimum Gasteiger partial charge on any atom is -0.497 e. The van der Waals surface area contributed by atoms with Crippen LogP contribution in [-0.2, 0) is 4.79 Å². The quantitative estimate of drug-likeness (QED) is 0.468. The largest absolute Gasteiger partial charge is 0.497 e. The summed E-state index contributed by atoms with van der Waals surface area (Å²) in [6, 6.07) is 15.8. The fourth-order valence-corrected chi connectivity index (χ4v) is 3.70. The van der Waals surface area contributed by atoms with Gasteiger partial charge in [0.05, 0.1) is 12.8 Å². The highest BCUT2D eigenvalue weighted by Gasteiger charge is 2.32. The Morgan fingerprint density at radius 3 is 2.25 bits per heavy atom. The van der Waals surface area contributed by atoms with Gasteiger partial charge in [-0.25, -0.2) is 0 Å². The van der Waals surface area contributed by atoms with Crippen molar-refractivity contribution in [3.05, 3.63) is 65.2 Å². The number of hydrogen-bond acceptors (Lipinski definition) is 3. The van der Waals surface area contributed by atoms with Crippen molar-refractivity contribution in [1.29, 1.82) is 0 Å². The van der Waals surface area contributed by atoms with Crippen LogP contribution < -0.4 is 4.74 Å². The summed E-state index contributed by atoms with van der Waals surface area (Å²) in [6.45, 7) is 6.45. The first-order chi connectivity index (χ1) is 13.5. The van der Waals surface area contributed by atoms with Crippen LogP contribution in [0, 0.1) is 17.8 Å². The van der Waals surface area contributed by atoms with Gasteiger partial charge in [0.1, 0.15) is 5.75 Å². The molecule has 1 aliphatic rings. The molecule has 0 aliphatic heterocycles. The maximum atomic E-state index is 12.9. The van der Waals surface area contributed by atoms with E-state index in [1.165, 1.54) is 0 Å². The molecule has 3 rings (SSSR count). The van der Waals surface area contributed by atoms with Gasteiger partial charge in [-0.2, -0.15) is 0 Å². The first-order valence-corrected chi connectivity index (χ1v) is 10.0. The van der Waals surface area contributed by atoms with Crippen molar-refractivity contribution in [2.24, 2.45) is 22.7 Å². The predicted molar refractivity (Wildman–Crippen MR) is 116 cm³/mol. The molecular formula is C25H29NO2. The van der Waals surface area contributed by atoms with E-state index in [-0.39, 0.29) is 5.92 Å².